The van der Waals surface area contributed by atoms with Gasteiger partial charge in [0, 0.05) is 6.08 Å². The molecule has 0 aliphatic heterocycles. The fraction of sp³-hybridized carbons (Fsp3) is 0.727. The predicted molar refractivity (Wildman–Crippen MR) is 52.3 cm³/mol. The molecule has 2 nitrogen and oxygen atoms in total. The van der Waals surface area contributed by atoms with E-state index in [2.05, 4.69) is 0 Å². The summed E-state index contributed by atoms with van der Waals surface area (Å²) in [6, 6.07) is 0. The molecule has 1 unspecified atom stereocenters. The lowest BCUT2D eigenvalue weighted by Gasteiger charge is -2.18. The van der Waals surface area contributed by atoms with E-state index < -0.39 is 0 Å². The smallest absolute Gasteiger partial charge is 0.330 e. The van der Waals surface area contributed by atoms with Gasteiger partial charge in [-0.1, -0.05) is 18.9 Å². The van der Waals surface area contributed by atoms with Gasteiger partial charge < -0.3 is 4.74 Å². The third-order valence-corrected chi connectivity index (χ3v) is 2.67. The Morgan fingerprint density at radius 1 is 1.46 bits per heavy atom. The van der Waals surface area contributed by atoms with E-state index in [-0.39, 0.29) is 12.1 Å². The maximum absolute atomic E-state index is 11.1. The number of rotatable bonds is 3. The molecule has 2 heteroatoms. The van der Waals surface area contributed by atoms with Crippen molar-refractivity contribution < 1.29 is 9.53 Å². The summed E-state index contributed by atoms with van der Waals surface area (Å²) in [5.74, 6) is 0.385. The van der Waals surface area contributed by atoms with Crippen molar-refractivity contribution in [3.8, 4) is 0 Å². The maximum atomic E-state index is 11.1. The van der Waals surface area contributed by atoms with Gasteiger partial charge in [0.05, 0.1) is 0 Å². The van der Waals surface area contributed by atoms with Gasteiger partial charge in [-0.05, 0) is 32.6 Å². The van der Waals surface area contributed by atoms with E-state index in [0.29, 0.717) is 5.92 Å². The second-order valence-corrected chi connectivity index (χ2v) is 3.69. The molecule has 1 aliphatic carbocycles. The van der Waals surface area contributed by atoms with Crippen LogP contribution in [0.1, 0.15) is 39.5 Å². The summed E-state index contributed by atoms with van der Waals surface area (Å²) in [5, 5.41) is 0. The summed E-state index contributed by atoms with van der Waals surface area (Å²) in [6.07, 6.45) is 8.28. The van der Waals surface area contributed by atoms with Crippen LogP contribution in [0.15, 0.2) is 12.2 Å². The first-order valence-corrected chi connectivity index (χ1v) is 5.07. The molecule has 0 aromatic heterocycles. The summed E-state index contributed by atoms with van der Waals surface area (Å²) < 4.78 is 5.25. The third kappa shape index (κ3) is 3.21. The van der Waals surface area contributed by atoms with Gasteiger partial charge in [0.2, 0.25) is 0 Å². The molecule has 0 aromatic rings. The van der Waals surface area contributed by atoms with Gasteiger partial charge in [-0.15, -0.1) is 0 Å². The normalized spacial score (nSPS) is 20.8. The largest absolute Gasteiger partial charge is 0.459 e. The Labute approximate surface area is 80.0 Å². The number of hydrogen-bond acceptors (Lipinski definition) is 2. The SMILES string of the molecule is C/C=C/C(=O)OC(C)C1CCCC1. The fourth-order valence-corrected chi connectivity index (χ4v) is 1.88. The van der Waals surface area contributed by atoms with Crippen molar-refractivity contribution in [1.82, 2.24) is 0 Å². The first-order valence-electron chi connectivity index (χ1n) is 5.07. The summed E-state index contributed by atoms with van der Waals surface area (Å²) in [7, 11) is 0. The number of ether oxygens (including phenoxy) is 1. The van der Waals surface area contributed by atoms with Crippen LogP contribution >= 0.6 is 0 Å². The molecule has 0 aromatic carbocycles. The molecule has 0 heterocycles. The van der Waals surface area contributed by atoms with Crippen LogP contribution < -0.4 is 0 Å². The first kappa shape index (κ1) is 10.3. The average molecular weight is 182 g/mol. The molecule has 1 aliphatic rings. The Hall–Kier alpha value is -0.790. The quantitative estimate of drug-likeness (QED) is 0.495. The highest BCUT2D eigenvalue weighted by atomic mass is 16.5. The summed E-state index contributed by atoms with van der Waals surface area (Å²) in [6.45, 7) is 3.82. The van der Waals surface area contributed by atoms with Crippen LogP contribution in [0.2, 0.25) is 0 Å². The Morgan fingerprint density at radius 3 is 2.62 bits per heavy atom. The Kier molecular flexibility index (Phi) is 4.00. The van der Waals surface area contributed by atoms with Crippen LogP contribution in [0.4, 0.5) is 0 Å². The highest BCUT2D eigenvalue weighted by Gasteiger charge is 2.23. The van der Waals surface area contributed by atoms with Crippen molar-refractivity contribution >= 4 is 5.97 Å². The zero-order chi connectivity index (χ0) is 9.68. The van der Waals surface area contributed by atoms with E-state index in [4.69, 9.17) is 4.74 Å². The fourth-order valence-electron chi connectivity index (χ4n) is 1.88. The molecule has 13 heavy (non-hydrogen) atoms. The molecule has 0 bridgehead atoms. The van der Waals surface area contributed by atoms with E-state index >= 15 is 0 Å². The van der Waals surface area contributed by atoms with Crippen molar-refractivity contribution in [2.75, 3.05) is 0 Å². The molecule has 1 saturated carbocycles. The Bertz CT molecular complexity index is 190. The number of esters is 1. The molecule has 1 atom stereocenters. The van der Waals surface area contributed by atoms with E-state index in [1.165, 1.54) is 31.8 Å². The Morgan fingerprint density at radius 2 is 2.08 bits per heavy atom. The van der Waals surface area contributed by atoms with Gasteiger partial charge in [-0.25, -0.2) is 4.79 Å². The number of carbonyl (C=O) groups excluding carboxylic acids is 1. The van der Waals surface area contributed by atoms with Crippen LogP contribution in [-0.2, 0) is 9.53 Å². The van der Waals surface area contributed by atoms with Crippen LogP contribution in [-0.4, -0.2) is 12.1 Å². The van der Waals surface area contributed by atoms with Gasteiger partial charge >= 0.3 is 5.97 Å². The monoisotopic (exact) mass is 182 g/mol. The topological polar surface area (TPSA) is 26.3 Å². The van der Waals surface area contributed by atoms with Gasteiger partial charge in [-0.3, -0.25) is 0 Å². The zero-order valence-electron chi connectivity index (χ0n) is 8.45. The van der Waals surface area contributed by atoms with E-state index in [9.17, 15) is 4.79 Å². The summed E-state index contributed by atoms with van der Waals surface area (Å²) >= 11 is 0. The van der Waals surface area contributed by atoms with Crippen LogP contribution in [0.5, 0.6) is 0 Å². The van der Waals surface area contributed by atoms with E-state index in [0.717, 1.165) is 0 Å². The first-order chi connectivity index (χ1) is 6.24. The standard InChI is InChI=1S/C11H18O2/c1-3-6-11(12)13-9(2)10-7-4-5-8-10/h3,6,9-10H,4-5,7-8H2,1-2H3/b6-3+. The lowest BCUT2D eigenvalue weighted by molar-refractivity contribution is -0.144. The zero-order valence-corrected chi connectivity index (χ0v) is 8.45. The maximum Gasteiger partial charge on any atom is 0.330 e. The molecule has 0 amide bonds. The molecule has 1 rings (SSSR count). The van der Waals surface area contributed by atoms with Gasteiger partial charge in [0.1, 0.15) is 6.10 Å². The summed E-state index contributed by atoms with van der Waals surface area (Å²) in [5.41, 5.74) is 0. The molecule has 0 saturated heterocycles. The highest BCUT2D eigenvalue weighted by molar-refractivity contribution is 5.81. The van der Waals surface area contributed by atoms with Crippen molar-refractivity contribution in [2.45, 2.75) is 45.6 Å². The third-order valence-electron chi connectivity index (χ3n) is 2.67. The molecule has 0 N–H and O–H groups in total. The van der Waals surface area contributed by atoms with Gasteiger partial charge in [0.15, 0.2) is 0 Å². The molecule has 1 fully saturated rings. The van der Waals surface area contributed by atoms with Crippen LogP contribution in [0.3, 0.4) is 0 Å². The van der Waals surface area contributed by atoms with Crippen LogP contribution in [0.25, 0.3) is 0 Å². The Balaban J connectivity index is 2.30. The molecular weight excluding hydrogens is 164 g/mol. The number of hydrogen-bond donors (Lipinski definition) is 0. The number of carbonyl (C=O) groups is 1. The van der Waals surface area contributed by atoms with E-state index in [1.807, 2.05) is 13.8 Å². The van der Waals surface area contributed by atoms with Gasteiger partial charge in [0.25, 0.3) is 0 Å². The van der Waals surface area contributed by atoms with Crippen molar-refractivity contribution in [2.24, 2.45) is 5.92 Å². The highest BCUT2D eigenvalue weighted by Crippen LogP contribution is 2.28. The second kappa shape index (κ2) is 5.05. The second-order valence-electron chi connectivity index (χ2n) is 3.69. The van der Waals surface area contributed by atoms with Crippen LogP contribution in [0, 0.1) is 5.92 Å². The predicted octanol–water partition coefficient (Wildman–Crippen LogP) is 2.68. The number of allylic oxidation sites excluding steroid dienone is 1. The van der Waals surface area contributed by atoms with Crippen molar-refractivity contribution in [1.29, 1.82) is 0 Å². The molecule has 0 spiro atoms. The lowest BCUT2D eigenvalue weighted by Crippen LogP contribution is -2.20. The minimum Gasteiger partial charge on any atom is -0.459 e. The minimum atomic E-state index is -0.207. The lowest BCUT2D eigenvalue weighted by atomic mass is 10.0. The van der Waals surface area contributed by atoms with Gasteiger partial charge in [-0.2, -0.15) is 0 Å². The molecule has 0 radical (unpaired) electrons. The van der Waals surface area contributed by atoms with E-state index in [1.54, 1.807) is 6.08 Å². The average Bonchev–Trinajstić information content (AvgIpc) is 2.55. The molecule has 74 valence electrons. The minimum absolute atomic E-state index is 0.0891. The summed E-state index contributed by atoms with van der Waals surface area (Å²) in [4.78, 5) is 11.1. The van der Waals surface area contributed by atoms with Crippen molar-refractivity contribution in [3.05, 3.63) is 12.2 Å². The van der Waals surface area contributed by atoms with Crippen molar-refractivity contribution in [3.63, 3.8) is 0 Å². The molecular formula is C11H18O2.